The summed E-state index contributed by atoms with van der Waals surface area (Å²) in [6, 6.07) is 14.1. The molecule has 8 heteroatoms. The molecule has 0 aliphatic rings. The summed E-state index contributed by atoms with van der Waals surface area (Å²) in [4.78, 5) is 1.40. The van der Waals surface area contributed by atoms with E-state index in [2.05, 4.69) is 25.6 Å². The van der Waals surface area contributed by atoms with E-state index in [0.29, 0.717) is 23.7 Å². The number of hydrogen-bond donors (Lipinski definition) is 0. The van der Waals surface area contributed by atoms with E-state index >= 15 is 0 Å². The molecule has 4 rings (SSSR count). The molecule has 130 valence electrons. The summed E-state index contributed by atoms with van der Waals surface area (Å²) in [5.74, 6) is 0.828. The number of tetrazole rings is 1. The Balaban J connectivity index is 1.47. The number of aryl methyl sites for hydroxylation is 1. The van der Waals surface area contributed by atoms with Crippen LogP contribution < -0.4 is 0 Å². The van der Waals surface area contributed by atoms with E-state index in [1.165, 1.54) is 22.5 Å². The Morgan fingerprint density at radius 3 is 2.77 bits per heavy atom. The molecule has 0 fully saturated rings. The molecular weight excluding hydrogens is 335 g/mol. The Kier molecular flexibility index (Phi) is 4.22. The predicted octanol–water partition coefficient (Wildman–Crippen LogP) is 2.81. The highest BCUT2D eigenvalue weighted by Gasteiger charge is 2.12. The SMILES string of the molecule is Cc1ccccc1Cc1nnn(Cc2nnc(-c3cccc(F)c3)o2)n1. The quantitative estimate of drug-likeness (QED) is 0.550. The maximum atomic E-state index is 13.3. The summed E-state index contributed by atoms with van der Waals surface area (Å²) >= 11 is 0. The zero-order chi connectivity index (χ0) is 17.9. The van der Waals surface area contributed by atoms with Crippen LogP contribution >= 0.6 is 0 Å². The van der Waals surface area contributed by atoms with Crippen molar-refractivity contribution in [2.75, 3.05) is 0 Å². The standard InChI is InChI=1S/C18H15FN6O/c1-12-5-2-3-6-13(12)10-16-20-24-25(23-16)11-17-21-22-18(26-17)14-7-4-8-15(19)9-14/h2-9H,10-11H2,1H3. The highest BCUT2D eigenvalue weighted by Crippen LogP contribution is 2.18. The Morgan fingerprint density at radius 2 is 1.92 bits per heavy atom. The smallest absolute Gasteiger partial charge is 0.247 e. The largest absolute Gasteiger partial charge is 0.419 e. The summed E-state index contributed by atoms with van der Waals surface area (Å²) in [6.45, 7) is 2.25. The van der Waals surface area contributed by atoms with Gasteiger partial charge in [0.1, 0.15) is 12.4 Å². The minimum Gasteiger partial charge on any atom is -0.419 e. The number of hydrogen-bond acceptors (Lipinski definition) is 6. The molecule has 2 aromatic heterocycles. The van der Waals surface area contributed by atoms with Gasteiger partial charge in [0.05, 0.1) is 0 Å². The third-order valence-corrected chi connectivity index (χ3v) is 3.92. The zero-order valence-electron chi connectivity index (χ0n) is 14.0. The maximum absolute atomic E-state index is 13.3. The fourth-order valence-electron chi connectivity index (χ4n) is 2.57. The molecule has 0 radical (unpaired) electrons. The number of benzene rings is 2. The first-order valence-electron chi connectivity index (χ1n) is 8.07. The van der Waals surface area contributed by atoms with Crippen LogP contribution in [0.1, 0.15) is 22.8 Å². The average molecular weight is 350 g/mol. The summed E-state index contributed by atoms with van der Waals surface area (Å²) in [5, 5.41) is 20.3. The van der Waals surface area contributed by atoms with Crippen LogP contribution in [-0.2, 0) is 13.0 Å². The highest BCUT2D eigenvalue weighted by atomic mass is 19.1. The lowest BCUT2D eigenvalue weighted by atomic mass is 10.1. The third kappa shape index (κ3) is 3.49. The van der Waals surface area contributed by atoms with E-state index in [4.69, 9.17) is 4.42 Å². The second kappa shape index (κ2) is 6.83. The van der Waals surface area contributed by atoms with Crippen LogP contribution in [0.5, 0.6) is 0 Å². The second-order valence-electron chi connectivity index (χ2n) is 5.85. The molecule has 0 aliphatic carbocycles. The van der Waals surface area contributed by atoms with Crippen molar-refractivity contribution in [1.29, 1.82) is 0 Å². The van der Waals surface area contributed by atoms with Crippen molar-refractivity contribution < 1.29 is 8.81 Å². The van der Waals surface area contributed by atoms with Gasteiger partial charge in [-0.25, -0.2) is 4.39 Å². The normalized spacial score (nSPS) is 11.0. The number of nitrogens with zero attached hydrogens (tertiary/aromatic N) is 6. The van der Waals surface area contributed by atoms with Gasteiger partial charge >= 0.3 is 0 Å². The molecule has 2 aromatic carbocycles. The van der Waals surface area contributed by atoms with Crippen molar-refractivity contribution in [3.8, 4) is 11.5 Å². The lowest BCUT2D eigenvalue weighted by molar-refractivity contribution is 0.445. The summed E-state index contributed by atoms with van der Waals surface area (Å²) in [5.41, 5.74) is 2.86. The molecular formula is C18H15FN6O. The molecule has 0 atom stereocenters. The van der Waals surface area contributed by atoms with Gasteiger partial charge in [-0.15, -0.1) is 20.4 Å². The number of aromatic nitrogens is 6. The lowest BCUT2D eigenvalue weighted by Crippen LogP contribution is -2.05. The van der Waals surface area contributed by atoms with Gasteiger partial charge in [0.2, 0.25) is 11.8 Å². The molecule has 0 aliphatic heterocycles. The molecule has 2 heterocycles. The molecule has 0 saturated heterocycles. The molecule has 4 aromatic rings. The van der Waals surface area contributed by atoms with Gasteiger partial charge in [0.25, 0.3) is 0 Å². The van der Waals surface area contributed by atoms with E-state index in [1.54, 1.807) is 12.1 Å². The molecule has 7 nitrogen and oxygen atoms in total. The summed E-state index contributed by atoms with van der Waals surface area (Å²) in [6.07, 6.45) is 0.602. The zero-order valence-corrected chi connectivity index (χ0v) is 14.0. The minimum absolute atomic E-state index is 0.198. The van der Waals surface area contributed by atoms with E-state index in [9.17, 15) is 4.39 Å². The van der Waals surface area contributed by atoms with Crippen molar-refractivity contribution in [3.63, 3.8) is 0 Å². The minimum atomic E-state index is -0.360. The van der Waals surface area contributed by atoms with Gasteiger partial charge in [-0.2, -0.15) is 4.80 Å². The van der Waals surface area contributed by atoms with Crippen molar-refractivity contribution >= 4 is 0 Å². The van der Waals surface area contributed by atoms with Crippen LogP contribution in [0.3, 0.4) is 0 Å². The van der Waals surface area contributed by atoms with Gasteiger partial charge in [-0.3, -0.25) is 0 Å². The molecule has 0 unspecified atom stereocenters. The van der Waals surface area contributed by atoms with E-state index < -0.39 is 0 Å². The van der Waals surface area contributed by atoms with Gasteiger partial charge in [0, 0.05) is 12.0 Å². The highest BCUT2D eigenvalue weighted by molar-refractivity contribution is 5.52. The maximum Gasteiger partial charge on any atom is 0.247 e. The fourth-order valence-corrected chi connectivity index (χ4v) is 2.57. The van der Waals surface area contributed by atoms with Gasteiger partial charge in [0.15, 0.2) is 5.82 Å². The molecule has 0 N–H and O–H groups in total. The first-order chi connectivity index (χ1) is 12.7. The van der Waals surface area contributed by atoms with Gasteiger partial charge < -0.3 is 4.42 Å². The average Bonchev–Trinajstić information content (AvgIpc) is 3.27. The molecule has 0 amide bonds. The fraction of sp³-hybridized carbons (Fsp3) is 0.167. The summed E-state index contributed by atoms with van der Waals surface area (Å²) in [7, 11) is 0. The summed E-state index contributed by atoms with van der Waals surface area (Å²) < 4.78 is 18.9. The monoisotopic (exact) mass is 350 g/mol. The second-order valence-corrected chi connectivity index (χ2v) is 5.85. The Hall–Kier alpha value is -3.42. The molecule has 0 spiro atoms. The Morgan fingerprint density at radius 1 is 1.04 bits per heavy atom. The van der Waals surface area contributed by atoms with Crippen molar-refractivity contribution in [2.45, 2.75) is 19.9 Å². The van der Waals surface area contributed by atoms with Gasteiger partial charge in [-0.05, 0) is 41.5 Å². The van der Waals surface area contributed by atoms with Crippen LogP contribution in [0.25, 0.3) is 11.5 Å². The molecule has 0 bridgehead atoms. The Bertz CT molecular complexity index is 1040. The van der Waals surface area contributed by atoms with Crippen LogP contribution in [0.15, 0.2) is 52.9 Å². The molecule has 0 saturated carbocycles. The van der Waals surface area contributed by atoms with Crippen LogP contribution in [0.2, 0.25) is 0 Å². The van der Waals surface area contributed by atoms with Crippen LogP contribution in [0.4, 0.5) is 4.39 Å². The number of rotatable bonds is 5. The number of halogens is 1. The van der Waals surface area contributed by atoms with Crippen molar-refractivity contribution in [1.82, 2.24) is 30.4 Å². The van der Waals surface area contributed by atoms with E-state index in [-0.39, 0.29) is 18.3 Å². The molecule has 26 heavy (non-hydrogen) atoms. The first-order valence-corrected chi connectivity index (χ1v) is 8.07. The topological polar surface area (TPSA) is 82.5 Å². The van der Waals surface area contributed by atoms with Gasteiger partial charge in [-0.1, -0.05) is 30.3 Å². The first kappa shape index (κ1) is 16.1. The van der Waals surface area contributed by atoms with Crippen LogP contribution in [-0.4, -0.2) is 30.4 Å². The van der Waals surface area contributed by atoms with Crippen molar-refractivity contribution in [3.05, 3.63) is 77.2 Å². The van der Waals surface area contributed by atoms with E-state index in [1.807, 2.05) is 31.2 Å². The van der Waals surface area contributed by atoms with E-state index in [0.717, 1.165) is 5.56 Å². The lowest BCUT2D eigenvalue weighted by Gasteiger charge is -2.00. The van der Waals surface area contributed by atoms with Crippen molar-refractivity contribution in [2.24, 2.45) is 0 Å². The Labute approximate surface area is 148 Å². The van der Waals surface area contributed by atoms with Crippen LogP contribution in [0, 0.1) is 12.7 Å². The predicted molar refractivity (Wildman–Crippen MR) is 90.6 cm³/mol. The third-order valence-electron chi connectivity index (χ3n) is 3.92.